The normalized spacial score (nSPS) is 15.0. The molecule has 0 aliphatic carbocycles. The number of hydrogen-bond acceptors (Lipinski definition) is 7. The van der Waals surface area contributed by atoms with Crippen molar-refractivity contribution in [2.24, 2.45) is 0 Å². The van der Waals surface area contributed by atoms with Crippen molar-refractivity contribution in [3.05, 3.63) is 65.4 Å². The lowest BCUT2D eigenvalue weighted by atomic mass is 10.0. The van der Waals surface area contributed by atoms with Crippen molar-refractivity contribution < 1.29 is 19.0 Å². The zero-order valence-corrected chi connectivity index (χ0v) is 17.8. The van der Waals surface area contributed by atoms with Gasteiger partial charge < -0.3 is 24.4 Å². The van der Waals surface area contributed by atoms with Crippen LogP contribution in [0.2, 0.25) is 0 Å². The summed E-state index contributed by atoms with van der Waals surface area (Å²) in [7, 11) is 0. The third-order valence-electron chi connectivity index (χ3n) is 5.50. The predicted octanol–water partition coefficient (Wildman–Crippen LogP) is 3.27. The second-order valence-electron chi connectivity index (χ2n) is 7.77. The number of hydrogen-bond donors (Lipinski definition) is 1. The topological polar surface area (TPSA) is 85.8 Å². The molecule has 1 amide bonds. The summed E-state index contributed by atoms with van der Waals surface area (Å²) in [6.07, 6.45) is 1.62. The van der Waals surface area contributed by atoms with Gasteiger partial charge in [-0.2, -0.15) is 0 Å². The van der Waals surface area contributed by atoms with Crippen LogP contribution in [0.1, 0.15) is 21.5 Å². The van der Waals surface area contributed by atoms with Crippen LogP contribution < -0.4 is 14.8 Å². The van der Waals surface area contributed by atoms with Gasteiger partial charge >= 0.3 is 0 Å². The van der Waals surface area contributed by atoms with Gasteiger partial charge in [0.15, 0.2) is 11.5 Å². The van der Waals surface area contributed by atoms with E-state index in [-0.39, 0.29) is 12.7 Å². The highest BCUT2D eigenvalue weighted by atomic mass is 16.7. The third kappa shape index (κ3) is 4.22. The maximum absolute atomic E-state index is 13.2. The molecule has 2 aliphatic heterocycles. The molecule has 164 valence electrons. The third-order valence-corrected chi connectivity index (χ3v) is 5.50. The number of carbonyl (C=O) groups is 1. The Kier molecular flexibility index (Phi) is 5.60. The molecule has 8 nitrogen and oxygen atoms in total. The molecule has 2 aromatic carbocycles. The molecule has 0 bridgehead atoms. The van der Waals surface area contributed by atoms with Gasteiger partial charge in [0.05, 0.1) is 24.5 Å². The van der Waals surface area contributed by atoms with Gasteiger partial charge in [0.2, 0.25) is 12.7 Å². The number of morpholine rings is 1. The number of aryl methyl sites for hydroxylation is 1. The average Bonchev–Trinajstić information content (AvgIpc) is 3.31. The molecular formula is C24H24N4O4. The number of nitrogens with zero attached hydrogens (tertiary/aromatic N) is 3. The van der Waals surface area contributed by atoms with Crippen LogP contribution in [0.25, 0.3) is 11.3 Å². The molecule has 0 radical (unpaired) electrons. The van der Waals surface area contributed by atoms with E-state index in [1.165, 1.54) is 0 Å². The molecule has 1 fully saturated rings. The second kappa shape index (κ2) is 8.84. The molecule has 8 heteroatoms. The molecular weight excluding hydrogens is 408 g/mol. The highest BCUT2D eigenvalue weighted by molar-refractivity contribution is 6.00. The van der Waals surface area contributed by atoms with Gasteiger partial charge in [0.25, 0.3) is 5.91 Å². The van der Waals surface area contributed by atoms with Crippen LogP contribution in [0.15, 0.2) is 48.7 Å². The first-order valence-electron chi connectivity index (χ1n) is 10.6. The molecule has 5 rings (SSSR count). The highest BCUT2D eigenvalue weighted by Crippen LogP contribution is 2.32. The van der Waals surface area contributed by atoms with Crippen molar-refractivity contribution in [3.63, 3.8) is 0 Å². The van der Waals surface area contributed by atoms with Gasteiger partial charge in [0.1, 0.15) is 0 Å². The number of benzene rings is 2. The Morgan fingerprint density at radius 1 is 1.09 bits per heavy atom. The number of nitrogens with one attached hydrogen (secondary N) is 1. The molecule has 0 saturated carbocycles. The van der Waals surface area contributed by atoms with Crippen LogP contribution in [-0.2, 0) is 11.3 Å². The molecule has 0 spiro atoms. The molecule has 1 saturated heterocycles. The first kappa shape index (κ1) is 20.3. The summed E-state index contributed by atoms with van der Waals surface area (Å²) in [5, 5.41) is 3.26. The largest absolute Gasteiger partial charge is 0.454 e. The summed E-state index contributed by atoms with van der Waals surface area (Å²) in [5.74, 6) is 1.86. The quantitative estimate of drug-likeness (QED) is 0.662. The lowest BCUT2D eigenvalue weighted by molar-refractivity contribution is 0.0303. The summed E-state index contributed by atoms with van der Waals surface area (Å²) in [4.78, 5) is 24.2. The molecule has 1 aromatic heterocycles. The van der Waals surface area contributed by atoms with Crippen molar-refractivity contribution in [1.29, 1.82) is 0 Å². The lowest BCUT2D eigenvalue weighted by Crippen LogP contribution is -2.41. The fourth-order valence-electron chi connectivity index (χ4n) is 3.80. The standard InChI is InChI=1S/C24H24N4O4/c1-16-3-2-4-18(11-16)22-19(23(29)28-7-9-30-10-8-28)14-26-24(27-22)25-13-17-5-6-20-21(12-17)32-15-31-20/h2-6,11-12,14H,7-10,13,15H2,1H3,(H,25,26,27). The van der Waals surface area contributed by atoms with Gasteiger partial charge in [-0.1, -0.05) is 29.8 Å². The van der Waals surface area contributed by atoms with E-state index in [2.05, 4.69) is 10.3 Å². The van der Waals surface area contributed by atoms with Gasteiger partial charge in [-0.15, -0.1) is 0 Å². The molecule has 2 aliphatic rings. The number of aromatic nitrogens is 2. The fourth-order valence-corrected chi connectivity index (χ4v) is 3.80. The van der Waals surface area contributed by atoms with Crippen molar-refractivity contribution in [2.75, 3.05) is 38.4 Å². The molecule has 32 heavy (non-hydrogen) atoms. The van der Waals surface area contributed by atoms with E-state index in [0.29, 0.717) is 50.1 Å². The zero-order valence-electron chi connectivity index (χ0n) is 17.8. The first-order valence-corrected chi connectivity index (χ1v) is 10.6. The Morgan fingerprint density at radius 3 is 2.78 bits per heavy atom. The molecule has 0 atom stereocenters. The maximum atomic E-state index is 13.2. The monoisotopic (exact) mass is 432 g/mol. The Hall–Kier alpha value is -3.65. The van der Waals surface area contributed by atoms with Gasteiger partial charge in [0, 0.05) is 31.4 Å². The number of ether oxygens (including phenoxy) is 3. The first-order chi connectivity index (χ1) is 15.7. The molecule has 3 aromatic rings. The number of anilines is 1. The average molecular weight is 432 g/mol. The van der Waals surface area contributed by atoms with Crippen LogP contribution in [0.4, 0.5) is 5.95 Å². The summed E-state index contributed by atoms with van der Waals surface area (Å²) in [6, 6.07) is 13.8. The van der Waals surface area contributed by atoms with Gasteiger partial charge in [-0.3, -0.25) is 4.79 Å². The minimum atomic E-state index is -0.0767. The van der Waals surface area contributed by atoms with Crippen molar-refractivity contribution >= 4 is 11.9 Å². The van der Waals surface area contributed by atoms with Gasteiger partial charge in [-0.25, -0.2) is 9.97 Å². The smallest absolute Gasteiger partial charge is 0.257 e. The van der Waals surface area contributed by atoms with Crippen molar-refractivity contribution in [2.45, 2.75) is 13.5 Å². The maximum Gasteiger partial charge on any atom is 0.257 e. The molecule has 0 unspecified atom stereocenters. The lowest BCUT2D eigenvalue weighted by Gasteiger charge is -2.27. The van der Waals surface area contributed by atoms with Crippen molar-refractivity contribution in [3.8, 4) is 22.8 Å². The molecule has 1 N–H and O–H groups in total. The van der Waals surface area contributed by atoms with E-state index in [9.17, 15) is 4.79 Å². The Balaban J connectivity index is 1.42. The number of rotatable bonds is 5. The Morgan fingerprint density at radius 2 is 1.94 bits per heavy atom. The summed E-state index contributed by atoms with van der Waals surface area (Å²) in [5.41, 5.74) is 4.11. The Labute approximate surface area is 186 Å². The number of amides is 1. The van der Waals surface area contributed by atoms with E-state index in [1.54, 1.807) is 11.1 Å². The molecule has 3 heterocycles. The second-order valence-corrected chi connectivity index (χ2v) is 7.77. The Bertz CT molecular complexity index is 1140. The van der Waals surface area contributed by atoms with E-state index in [1.807, 2.05) is 49.4 Å². The van der Waals surface area contributed by atoms with Crippen LogP contribution >= 0.6 is 0 Å². The highest BCUT2D eigenvalue weighted by Gasteiger charge is 2.23. The van der Waals surface area contributed by atoms with Crippen LogP contribution in [0.5, 0.6) is 11.5 Å². The van der Waals surface area contributed by atoms with Crippen LogP contribution in [0.3, 0.4) is 0 Å². The summed E-state index contributed by atoms with van der Waals surface area (Å²) in [6.45, 7) is 5.00. The number of carbonyl (C=O) groups excluding carboxylic acids is 1. The summed E-state index contributed by atoms with van der Waals surface area (Å²) >= 11 is 0. The van der Waals surface area contributed by atoms with E-state index >= 15 is 0 Å². The number of fused-ring (bicyclic) bond motifs is 1. The SMILES string of the molecule is Cc1cccc(-c2nc(NCc3ccc4c(c3)OCO4)ncc2C(=O)N2CCOCC2)c1. The predicted molar refractivity (Wildman–Crippen MR) is 119 cm³/mol. The minimum Gasteiger partial charge on any atom is -0.454 e. The zero-order chi connectivity index (χ0) is 21.9. The summed E-state index contributed by atoms with van der Waals surface area (Å²) < 4.78 is 16.2. The van der Waals surface area contributed by atoms with Gasteiger partial charge in [-0.05, 0) is 30.7 Å². The van der Waals surface area contributed by atoms with Crippen LogP contribution in [-0.4, -0.2) is 53.9 Å². The minimum absolute atomic E-state index is 0.0767. The van der Waals surface area contributed by atoms with Crippen molar-refractivity contribution in [1.82, 2.24) is 14.9 Å². The van der Waals surface area contributed by atoms with E-state index < -0.39 is 0 Å². The van der Waals surface area contributed by atoms with E-state index in [0.717, 1.165) is 28.2 Å². The van der Waals surface area contributed by atoms with E-state index in [4.69, 9.17) is 19.2 Å². The fraction of sp³-hybridized carbons (Fsp3) is 0.292. The van der Waals surface area contributed by atoms with Crippen LogP contribution in [0, 0.1) is 6.92 Å².